The average molecular weight is 958 g/mol. The SMILES string of the molecule is C1=C(c2ccc3c(c2)c2ccccc2n3-c2ccc(-n3c4ccc(-c5ccc6sc7ccccc7c6c5)cc4c4cc(-c5ccc6sc7ccccc7c6c5)ccc43)nc2)C=C2c3ccccc3SC2C1. The van der Waals surface area contributed by atoms with E-state index in [-0.39, 0.29) is 0 Å². The van der Waals surface area contributed by atoms with Gasteiger partial charge in [-0.1, -0.05) is 109 Å². The fraction of sp³-hybridized carbons (Fsp3) is 0.0308. The van der Waals surface area contributed by atoms with Crippen molar-refractivity contribution in [2.45, 2.75) is 16.6 Å². The summed E-state index contributed by atoms with van der Waals surface area (Å²) in [6.07, 6.45) is 7.96. The van der Waals surface area contributed by atoms with Gasteiger partial charge < -0.3 is 4.57 Å². The van der Waals surface area contributed by atoms with Gasteiger partial charge in [-0.05, 0) is 154 Å². The second-order valence-electron chi connectivity index (χ2n) is 19.0. The van der Waals surface area contributed by atoms with E-state index in [1.807, 2.05) is 34.4 Å². The Hall–Kier alpha value is -8.00. The molecule has 1 aliphatic carbocycles. The number of hydrogen-bond acceptors (Lipinski definition) is 4. The molecule has 6 heterocycles. The number of fused-ring (bicyclic) bond motifs is 15. The Morgan fingerprint density at radius 2 is 0.915 bits per heavy atom. The van der Waals surface area contributed by atoms with Crippen molar-refractivity contribution in [2.24, 2.45) is 0 Å². The third-order valence-electron chi connectivity index (χ3n) is 15.1. The number of hydrogen-bond donors (Lipinski definition) is 0. The molecular weight excluding hydrogens is 919 g/mol. The largest absolute Gasteiger partial charge is 0.308 e. The van der Waals surface area contributed by atoms with Crippen LogP contribution in [0.25, 0.3) is 129 Å². The number of allylic oxidation sites excluding steroid dienone is 3. The quantitative estimate of drug-likeness (QED) is 0.172. The van der Waals surface area contributed by atoms with E-state index in [4.69, 9.17) is 4.98 Å². The second kappa shape index (κ2) is 15.2. The number of nitrogens with zero attached hydrogens (tertiary/aromatic N) is 3. The van der Waals surface area contributed by atoms with Crippen LogP contribution in [0.3, 0.4) is 0 Å². The van der Waals surface area contributed by atoms with Crippen LogP contribution in [-0.4, -0.2) is 19.4 Å². The molecule has 0 amide bonds. The van der Waals surface area contributed by atoms with Crippen molar-refractivity contribution >= 4 is 130 Å². The van der Waals surface area contributed by atoms with E-state index in [1.54, 1.807) is 0 Å². The molecule has 1 atom stereocenters. The molecule has 332 valence electrons. The molecule has 5 aromatic heterocycles. The lowest BCUT2D eigenvalue weighted by Crippen LogP contribution is -2.03. The van der Waals surface area contributed by atoms with Crippen LogP contribution in [0.15, 0.2) is 223 Å². The molecule has 0 N–H and O–H groups in total. The van der Waals surface area contributed by atoms with Gasteiger partial charge in [-0.25, -0.2) is 4.98 Å². The van der Waals surface area contributed by atoms with Crippen molar-refractivity contribution in [3.8, 4) is 33.8 Å². The number of pyridine rings is 1. The Morgan fingerprint density at radius 1 is 0.408 bits per heavy atom. The van der Waals surface area contributed by atoms with Crippen LogP contribution in [-0.2, 0) is 0 Å². The normalized spacial score (nSPS) is 14.7. The minimum Gasteiger partial charge on any atom is -0.308 e. The first-order valence-corrected chi connectivity index (χ1v) is 26.8. The van der Waals surface area contributed by atoms with Gasteiger partial charge in [-0.2, -0.15) is 0 Å². The van der Waals surface area contributed by atoms with Crippen molar-refractivity contribution in [2.75, 3.05) is 0 Å². The second-order valence-corrected chi connectivity index (χ2v) is 22.4. The molecule has 0 bridgehead atoms. The molecule has 3 nitrogen and oxygen atoms in total. The molecule has 71 heavy (non-hydrogen) atoms. The third kappa shape index (κ3) is 6.05. The van der Waals surface area contributed by atoms with E-state index in [9.17, 15) is 0 Å². The predicted molar refractivity (Wildman–Crippen MR) is 306 cm³/mol. The van der Waals surface area contributed by atoms with Crippen LogP contribution < -0.4 is 0 Å². The summed E-state index contributed by atoms with van der Waals surface area (Å²) >= 11 is 5.73. The summed E-state index contributed by atoms with van der Waals surface area (Å²) in [6.45, 7) is 0. The van der Waals surface area contributed by atoms with Crippen molar-refractivity contribution < 1.29 is 0 Å². The maximum Gasteiger partial charge on any atom is 0.137 e. The van der Waals surface area contributed by atoms with Gasteiger partial charge in [0.25, 0.3) is 0 Å². The predicted octanol–water partition coefficient (Wildman–Crippen LogP) is 18.7. The van der Waals surface area contributed by atoms with Gasteiger partial charge >= 0.3 is 0 Å². The molecule has 0 saturated carbocycles. The van der Waals surface area contributed by atoms with Gasteiger partial charge in [0.2, 0.25) is 0 Å². The highest BCUT2D eigenvalue weighted by atomic mass is 32.2. The topological polar surface area (TPSA) is 22.8 Å². The lowest BCUT2D eigenvalue weighted by atomic mass is 9.90. The molecule has 6 heteroatoms. The summed E-state index contributed by atoms with van der Waals surface area (Å²) in [6, 6.07) is 74.5. The standard InChI is InChI=1S/C65H39N3S3/c1-5-13-55-45(9-1)49-31-38(41-20-27-62-52(34-41)46-10-2-6-14-59(46)69-62)17-24-56(49)67(55)44-23-30-65(66-37-44)68-57-25-18-39(42-21-28-63-53(35-42)47-11-3-7-15-60(47)70-63)32-50(57)51-33-40(19-26-58(51)68)43-22-29-64-54(36-43)48-12-4-8-16-61(48)71-64/h1-26,28-37,62H,27H2. The van der Waals surface area contributed by atoms with Crippen LogP contribution in [0.5, 0.6) is 0 Å². The Morgan fingerprint density at radius 3 is 1.58 bits per heavy atom. The fourth-order valence-corrected chi connectivity index (χ4v) is 15.2. The van der Waals surface area contributed by atoms with Crippen molar-refractivity contribution in [1.82, 2.24) is 14.1 Å². The van der Waals surface area contributed by atoms with E-state index in [0.29, 0.717) is 5.25 Å². The van der Waals surface area contributed by atoms with E-state index in [2.05, 4.69) is 228 Å². The minimum absolute atomic E-state index is 0.497. The summed E-state index contributed by atoms with van der Waals surface area (Å²) in [7, 11) is 0. The Bertz CT molecular complexity index is 4480. The molecular formula is C65H39N3S3. The molecule has 9 aromatic carbocycles. The minimum atomic E-state index is 0.497. The summed E-state index contributed by atoms with van der Waals surface area (Å²) in [4.78, 5) is 6.73. The number of thioether (sulfide) groups is 1. The maximum atomic E-state index is 5.33. The molecule has 1 unspecified atom stereocenters. The lowest BCUT2D eigenvalue weighted by Gasteiger charge is -2.17. The first-order valence-electron chi connectivity index (χ1n) is 24.2. The molecule has 0 saturated heterocycles. The Labute approximate surface area is 420 Å². The number of thiophene rings is 2. The van der Waals surface area contributed by atoms with Crippen molar-refractivity contribution in [1.29, 1.82) is 0 Å². The molecule has 14 aromatic rings. The number of para-hydroxylation sites is 1. The summed E-state index contributed by atoms with van der Waals surface area (Å²) in [5.41, 5.74) is 15.9. The van der Waals surface area contributed by atoms with Crippen molar-refractivity contribution in [3.05, 3.63) is 230 Å². The maximum absolute atomic E-state index is 5.33. The van der Waals surface area contributed by atoms with Gasteiger partial charge in [0.15, 0.2) is 0 Å². The summed E-state index contributed by atoms with van der Waals surface area (Å²) < 4.78 is 10.0. The molecule has 0 spiro atoms. The van der Waals surface area contributed by atoms with E-state index >= 15 is 0 Å². The van der Waals surface area contributed by atoms with Gasteiger partial charge in [0.05, 0.1) is 34.0 Å². The monoisotopic (exact) mass is 957 g/mol. The molecule has 2 aliphatic rings. The Balaban J connectivity index is 0.828. The van der Waals surface area contributed by atoms with Gasteiger partial charge in [0.1, 0.15) is 5.82 Å². The molecule has 0 radical (unpaired) electrons. The molecule has 1 aliphatic heterocycles. The smallest absolute Gasteiger partial charge is 0.137 e. The van der Waals surface area contributed by atoms with E-state index < -0.39 is 0 Å². The van der Waals surface area contributed by atoms with E-state index in [1.165, 1.54) is 122 Å². The van der Waals surface area contributed by atoms with Crippen LogP contribution in [0.4, 0.5) is 0 Å². The summed E-state index contributed by atoms with van der Waals surface area (Å²) in [5, 5.41) is 10.6. The molecule has 16 rings (SSSR count). The van der Waals surface area contributed by atoms with Gasteiger partial charge in [-0.3, -0.25) is 4.57 Å². The number of aromatic nitrogens is 3. The highest BCUT2D eigenvalue weighted by molar-refractivity contribution is 8.00. The van der Waals surface area contributed by atoms with Gasteiger partial charge in [-0.15, -0.1) is 34.4 Å². The molecule has 0 fully saturated rings. The highest BCUT2D eigenvalue weighted by Crippen LogP contribution is 2.50. The third-order valence-corrected chi connectivity index (χ3v) is 18.7. The Kier molecular flexibility index (Phi) is 8.55. The van der Waals surface area contributed by atoms with Crippen LogP contribution in [0, 0.1) is 0 Å². The van der Waals surface area contributed by atoms with E-state index in [0.717, 1.165) is 29.0 Å². The number of benzene rings is 9. The lowest BCUT2D eigenvalue weighted by molar-refractivity contribution is 1.05. The van der Waals surface area contributed by atoms with Crippen LogP contribution in [0.2, 0.25) is 0 Å². The van der Waals surface area contributed by atoms with Crippen LogP contribution in [0.1, 0.15) is 17.5 Å². The van der Waals surface area contributed by atoms with Gasteiger partial charge in [0, 0.05) is 72.0 Å². The van der Waals surface area contributed by atoms with Crippen molar-refractivity contribution in [3.63, 3.8) is 0 Å². The fourth-order valence-electron chi connectivity index (χ4n) is 11.7. The zero-order valence-corrected chi connectivity index (χ0v) is 40.6. The highest BCUT2D eigenvalue weighted by Gasteiger charge is 2.29. The zero-order chi connectivity index (χ0) is 46.3. The summed E-state index contributed by atoms with van der Waals surface area (Å²) in [5.74, 6) is 0.886. The number of rotatable bonds is 5. The first kappa shape index (κ1) is 39.8. The first-order chi connectivity index (χ1) is 35.1. The average Bonchev–Trinajstić information content (AvgIpc) is 4.24. The zero-order valence-electron chi connectivity index (χ0n) is 38.1. The van der Waals surface area contributed by atoms with Crippen LogP contribution >= 0.6 is 34.4 Å².